The number of para-hydroxylation sites is 2. The average Bonchev–Trinajstić information content (AvgIpc) is 2.88. The fourth-order valence-electron chi connectivity index (χ4n) is 4.85. The largest absolute Gasteiger partial charge is 0.495 e. The number of nitrogens with zero attached hydrogens (tertiary/aromatic N) is 4. The zero-order valence-electron chi connectivity index (χ0n) is 18.9. The molecule has 7 heteroatoms. The topological polar surface area (TPSA) is 70.6 Å². The second kappa shape index (κ2) is 9.58. The Hall–Kier alpha value is -3.45. The molecule has 0 aliphatic carbocycles. The van der Waals surface area contributed by atoms with Crippen LogP contribution in [0.25, 0.3) is 0 Å². The van der Waals surface area contributed by atoms with E-state index < -0.39 is 0 Å². The molecule has 2 aliphatic rings. The van der Waals surface area contributed by atoms with Gasteiger partial charge in [-0.1, -0.05) is 36.4 Å². The minimum Gasteiger partial charge on any atom is -0.495 e. The summed E-state index contributed by atoms with van der Waals surface area (Å²) in [4.78, 5) is 26.2. The van der Waals surface area contributed by atoms with E-state index in [1.165, 1.54) is 17.5 Å². The number of piperidine rings is 1. The van der Waals surface area contributed by atoms with Gasteiger partial charge in [0.1, 0.15) is 23.6 Å². The molecular weight excluding hydrogens is 414 g/mol. The van der Waals surface area contributed by atoms with Crippen molar-refractivity contribution >= 4 is 17.4 Å². The van der Waals surface area contributed by atoms with Crippen molar-refractivity contribution in [3.63, 3.8) is 0 Å². The molecular formula is C26H29N5O2. The first-order valence-corrected chi connectivity index (χ1v) is 11.5. The van der Waals surface area contributed by atoms with Gasteiger partial charge in [0.15, 0.2) is 0 Å². The summed E-state index contributed by atoms with van der Waals surface area (Å²) in [6, 6.07) is 18.6. The number of rotatable bonds is 5. The summed E-state index contributed by atoms with van der Waals surface area (Å²) in [6.07, 6.45) is 4.53. The van der Waals surface area contributed by atoms with Crippen LogP contribution < -0.4 is 10.1 Å². The zero-order chi connectivity index (χ0) is 22.6. The monoisotopic (exact) mass is 443 g/mol. The fourth-order valence-corrected chi connectivity index (χ4v) is 4.85. The highest BCUT2D eigenvalue weighted by molar-refractivity contribution is 5.93. The van der Waals surface area contributed by atoms with Crippen molar-refractivity contribution in [2.24, 2.45) is 0 Å². The van der Waals surface area contributed by atoms with Gasteiger partial charge in [-0.3, -0.25) is 9.69 Å². The standard InChI is InChI=1S/C26H29N5O2/c1-33-24-9-5-4-8-22(24)29-25-16-23(27-18-28-25)26(32)30-14-11-21(12-15-30)31-13-10-19-6-2-3-7-20(19)17-31/h2-9,16,18,21H,10-15,17H2,1H3,(H,27,28,29). The molecule has 0 atom stereocenters. The van der Waals surface area contributed by atoms with Gasteiger partial charge < -0.3 is 15.0 Å². The van der Waals surface area contributed by atoms with Gasteiger partial charge in [0.05, 0.1) is 12.8 Å². The van der Waals surface area contributed by atoms with Crippen LogP contribution in [0.2, 0.25) is 0 Å². The molecule has 1 amide bonds. The Morgan fingerprint density at radius 1 is 1.00 bits per heavy atom. The summed E-state index contributed by atoms with van der Waals surface area (Å²) in [6.45, 7) is 3.61. The average molecular weight is 444 g/mol. The molecule has 1 fully saturated rings. The van der Waals surface area contributed by atoms with Crippen LogP contribution in [0.1, 0.15) is 34.5 Å². The molecule has 3 heterocycles. The SMILES string of the molecule is COc1ccccc1Nc1cc(C(=O)N2CCC(N3CCc4ccccc4C3)CC2)ncn1. The van der Waals surface area contributed by atoms with E-state index in [-0.39, 0.29) is 5.91 Å². The van der Waals surface area contributed by atoms with Crippen molar-refractivity contribution in [3.8, 4) is 5.75 Å². The molecule has 0 spiro atoms. The third kappa shape index (κ3) is 4.68. The van der Waals surface area contributed by atoms with Crippen LogP contribution in [-0.2, 0) is 13.0 Å². The number of likely N-dealkylation sites (tertiary alicyclic amines) is 1. The third-order valence-electron chi connectivity index (χ3n) is 6.68. The molecule has 7 nitrogen and oxygen atoms in total. The minimum atomic E-state index is -0.0390. The molecule has 33 heavy (non-hydrogen) atoms. The van der Waals surface area contributed by atoms with E-state index in [9.17, 15) is 4.79 Å². The number of methoxy groups -OCH3 is 1. The number of carbonyl (C=O) groups is 1. The predicted octanol–water partition coefficient (Wildman–Crippen LogP) is 3.89. The number of ether oxygens (including phenoxy) is 1. The lowest BCUT2D eigenvalue weighted by Gasteiger charge is -2.40. The van der Waals surface area contributed by atoms with Gasteiger partial charge in [0.25, 0.3) is 5.91 Å². The van der Waals surface area contributed by atoms with Gasteiger partial charge in [-0.25, -0.2) is 9.97 Å². The number of nitrogens with one attached hydrogen (secondary N) is 1. The van der Waals surface area contributed by atoms with E-state index in [1.807, 2.05) is 29.2 Å². The van der Waals surface area contributed by atoms with Crippen molar-refractivity contribution in [2.45, 2.75) is 31.8 Å². The number of amides is 1. The normalized spacial score (nSPS) is 16.8. The first-order chi connectivity index (χ1) is 16.2. The van der Waals surface area contributed by atoms with E-state index in [0.29, 0.717) is 23.3 Å². The van der Waals surface area contributed by atoms with Crippen LogP contribution in [0.3, 0.4) is 0 Å². The first-order valence-electron chi connectivity index (χ1n) is 11.5. The first kappa shape index (κ1) is 21.4. The summed E-state index contributed by atoms with van der Waals surface area (Å²) < 4.78 is 5.38. The highest BCUT2D eigenvalue weighted by atomic mass is 16.5. The maximum absolute atomic E-state index is 13.1. The molecule has 5 rings (SSSR count). The minimum absolute atomic E-state index is 0.0390. The predicted molar refractivity (Wildman–Crippen MR) is 128 cm³/mol. The van der Waals surface area contributed by atoms with Gasteiger partial charge in [0, 0.05) is 38.3 Å². The highest BCUT2D eigenvalue weighted by Crippen LogP contribution is 2.27. The molecule has 1 saturated heterocycles. The summed E-state index contributed by atoms with van der Waals surface area (Å²) in [5, 5.41) is 3.23. The molecule has 0 saturated carbocycles. The number of anilines is 2. The Balaban J connectivity index is 1.20. The second-order valence-electron chi connectivity index (χ2n) is 8.63. The van der Waals surface area contributed by atoms with E-state index >= 15 is 0 Å². The number of benzene rings is 2. The molecule has 2 aliphatic heterocycles. The van der Waals surface area contributed by atoms with Gasteiger partial charge in [-0.2, -0.15) is 0 Å². The van der Waals surface area contributed by atoms with Gasteiger partial charge in [-0.05, 0) is 42.5 Å². The van der Waals surface area contributed by atoms with E-state index in [0.717, 1.165) is 51.1 Å². The highest BCUT2D eigenvalue weighted by Gasteiger charge is 2.29. The van der Waals surface area contributed by atoms with Crippen molar-refractivity contribution in [3.05, 3.63) is 77.7 Å². The Morgan fingerprint density at radius 3 is 2.58 bits per heavy atom. The fraction of sp³-hybridized carbons (Fsp3) is 0.346. The maximum Gasteiger partial charge on any atom is 0.272 e. The molecule has 0 radical (unpaired) electrons. The number of fused-ring (bicyclic) bond motifs is 1. The van der Waals surface area contributed by atoms with Crippen molar-refractivity contribution in [2.75, 3.05) is 32.1 Å². The number of carbonyl (C=O) groups excluding carboxylic acids is 1. The van der Waals surface area contributed by atoms with Gasteiger partial charge in [-0.15, -0.1) is 0 Å². The van der Waals surface area contributed by atoms with Crippen molar-refractivity contribution in [1.29, 1.82) is 0 Å². The van der Waals surface area contributed by atoms with E-state index in [2.05, 4.69) is 44.5 Å². The third-order valence-corrected chi connectivity index (χ3v) is 6.68. The Labute approximate surface area is 194 Å². The quantitative estimate of drug-likeness (QED) is 0.645. The van der Waals surface area contributed by atoms with Crippen LogP contribution in [0.15, 0.2) is 60.9 Å². The number of hydrogen-bond acceptors (Lipinski definition) is 6. The van der Waals surface area contributed by atoms with Crippen LogP contribution >= 0.6 is 0 Å². The molecule has 1 aromatic heterocycles. The smallest absolute Gasteiger partial charge is 0.272 e. The van der Waals surface area contributed by atoms with Gasteiger partial charge >= 0.3 is 0 Å². The Bertz CT molecular complexity index is 1130. The van der Waals surface area contributed by atoms with Gasteiger partial charge in [0.2, 0.25) is 0 Å². The molecule has 1 N–H and O–H groups in total. The lowest BCUT2D eigenvalue weighted by molar-refractivity contribution is 0.0594. The Kier molecular flexibility index (Phi) is 6.21. The molecule has 2 aromatic carbocycles. The van der Waals surface area contributed by atoms with Crippen molar-refractivity contribution in [1.82, 2.24) is 19.8 Å². The zero-order valence-corrected chi connectivity index (χ0v) is 18.9. The van der Waals surface area contributed by atoms with E-state index in [1.54, 1.807) is 13.2 Å². The van der Waals surface area contributed by atoms with Crippen LogP contribution in [0, 0.1) is 0 Å². The molecule has 170 valence electrons. The second-order valence-corrected chi connectivity index (χ2v) is 8.63. The van der Waals surface area contributed by atoms with Crippen LogP contribution in [-0.4, -0.2) is 58.5 Å². The van der Waals surface area contributed by atoms with Crippen molar-refractivity contribution < 1.29 is 9.53 Å². The molecule has 0 bridgehead atoms. The van der Waals surface area contributed by atoms with Crippen LogP contribution in [0.5, 0.6) is 5.75 Å². The molecule has 0 unspecified atom stereocenters. The number of aromatic nitrogens is 2. The van der Waals surface area contributed by atoms with E-state index in [4.69, 9.17) is 4.74 Å². The summed E-state index contributed by atoms with van der Waals surface area (Å²) >= 11 is 0. The molecule has 3 aromatic rings. The Morgan fingerprint density at radius 2 is 1.76 bits per heavy atom. The summed E-state index contributed by atoms with van der Waals surface area (Å²) in [7, 11) is 1.63. The summed E-state index contributed by atoms with van der Waals surface area (Å²) in [5.41, 5.74) is 4.12. The lowest BCUT2D eigenvalue weighted by Crippen LogP contribution is -2.48. The van der Waals surface area contributed by atoms with Crippen LogP contribution in [0.4, 0.5) is 11.5 Å². The maximum atomic E-state index is 13.1. The lowest BCUT2D eigenvalue weighted by atomic mass is 9.95. The summed E-state index contributed by atoms with van der Waals surface area (Å²) in [5.74, 6) is 1.24. The number of hydrogen-bond donors (Lipinski definition) is 1.